The molecule has 0 aliphatic rings. The van der Waals surface area contributed by atoms with Crippen LogP contribution >= 0.6 is 11.8 Å². The summed E-state index contributed by atoms with van der Waals surface area (Å²) in [6, 6.07) is 4.92. The quantitative estimate of drug-likeness (QED) is 0.658. The number of hydrogen-bond acceptors (Lipinski definition) is 3. The first-order chi connectivity index (χ1) is 7.42. The maximum absolute atomic E-state index is 11.9. The molecule has 2 nitrogen and oxygen atoms in total. The summed E-state index contributed by atoms with van der Waals surface area (Å²) in [5.41, 5.74) is 6.10. The molecule has 2 N–H and O–H groups in total. The predicted octanol–water partition coefficient (Wildman–Crippen LogP) is 3.32. The van der Waals surface area contributed by atoms with Crippen LogP contribution in [0.2, 0.25) is 0 Å². The van der Waals surface area contributed by atoms with Gasteiger partial charge in [0.1, 0.15) is 5.75 Å². The van der Waals surface area contributed by atoms with Crippen LogP contribution < -0.4 is 10.5 Å². The predicted molar refractivity (Wildman–Crippen MR) is 58.8 cm³/mol. The zero-order valence-corrected chi connectivity index (χ0v) is 9.49. The number of methoxy groups -OCH3 is 1. The van der Waals surface area contributed by atoms with Gasteiger partial charge in [-0.25, -0.2) is 0 Å². The smallest absolute Gasteiger partial charge is 0.389 e. The minimum absolute atomic E-state index is 0.0408. The molecule has 0 atom stereocenters. The van der Waals surface area contributed by atoms with E-state index in [0.29, 0.717) is 16.3 Å². The summed E-state index contributed by atoms with van der Waals surface area (Å²) in [5.74, 6) is 0.546. The van der Waals surface area contributed by atoms with Gasteiger partial charge in [-0.15, -0.1) is 11.8 Å². The fraction of sp³-hybridized carbons (Fsp3) is 0.400. The standard InChI is InChI=1S/C10H12F3NOS/c1-15-7-2-3-8(14)9(6-7)16-5-4-10(11,12)13/h2-3,6H,4-5,14H2,1H3. The molecule has 1 aromatic carbocycles. The van der Waals surface area contributed by atoms with Crippen molar-refractivity contribution in [1.82, 2.24) is 0 Å². The second-order valence-electron chi connectivity index (χ2n) is 3.12. The van der Waals surface area contributed by atoms with Crippen LogP contribution in [0.4, 0.5) is 18.9 Å². The number of anilines is 1. The number of benzene rings is 1. The Morgan fingerprint density at radius 3 is 2.62 bits per heavy atom. The van der Waals surface area contributed by atoms with Crippen LogP contribution in [0.3, 0.4) is 0 Å². The van der Waals surface area contributed by atoms with E-state index < -0.39 is 12.6 Å². The molecule has 0 amide bonds. The van der Waals surface area contributed by atoms with E-state index in [1.165, 1.54) is 7.11 Å². The van der Waals surface area contributed by atoms with Crippen molar-refractivity contribution < 1.29 is 17.9 Å². The van der Waals surface area contributed by atoms with Crippen LogP contribution in [0.5, 0.6) is 5.75 Å². The third-order valence-electron chi connectivity index (χ3n) is 1.86. The Hall–Kier alpha value is -1.04. The van der Waals surface area contributed by atoms with E-state index >= 15 is 0 Å². The Bertz CT molecular complexity index is 354. The summed E-state index contributed by atoms with van der Waals surface area (Å²) < 4.78 is 40.8. The molecule has 0 saturated carbocycles. The van der Waals surface area contributed by atoms with Crippen molar-refractivity contribution in [2.75, 3.05) is 18.6 Å². The van der Waals surface area contributed by atoms with Crippen molar-refractivity contribution in [1.29, 1.82) is 0 Å². The molecule has 0 saturated heterocycles. The topological polar surface area (TPSA) is 35.2 Å². The first-order valence-corrected chi connectivity index (χ1v) is 5.54. The molecule has 6 heteroatoms. The van der Waals surface area contributed by atoms with Crippen molar-refractivity contribution in [3.63, 3.8) is 0 Å². The van der Waals surface area contributed by atoms with Crippen LogP contribution in [0.15, 0.2) is 23.1 Å². The van der Waals surface area contributed by atoms with E-state index in [9.17, 15) is 13.2 Å². The molecule has 0 heterocycles. The molecular weight excluding hydrogens is 239 g/mol. The molecule has 0 aromatic heterocycles. The summed E-state index contributed by atoms with van der Waals surface area (Å²) in [4.78, 5) is 0.614. The lowest BCUT2D eigenvalue weighted by Crippen LogP contribution is -2.08. The van der Waals surface area contributed by atoms with Crippen molar-refractivity contribution >= 4 is 17.4 Å². The van der Waals surface area contributed by atoms with E-state index in [2.05, 4.69) is 0 Å². The maximum Gasteiger partial charge on any atom is 0.389 e. The molecule has 0 fully saturated rings. The number of nitrogen functional groups attached to an aromatic ring is 1. The van der Waals surface area contributed by atoms with Crippen molar-refractivity contribution in [3.8, 4) is 5.75 Å². The van der Waals surface area contributed by atoms with Gasteiger partial charge in [0.2, 0.25) is 0 Å². The molecule has 0 spiro atoms. The van der Waals surface area contributed by atoms with Gasteiger partial charge in [-0.2, -0.15) is 13.2 Å². The van der Waals surface area contributed by atoms with Crippen molar-refractivity contribution in [2.24, 2.45) is 0 Å². The van der Waals surface area contributed by atoms with Gasteiger partial charge in [0.15, 0.2) is 0 Å². The molecule has 0 radical (unpaired) electrons. The van der Waals surface area contributed by atoms with Gasteiger partial charge >= 0.3 is 6.18 Å². The number of ether oxygens (including phenoxy) is 1. The fourth-order valence-corrected chi connectivity index (χ4v) is 2.03. The van der Waals surface area contributed by atoms with Crippen molar-refractivity contribution in [2.45, 2.75) is 17.5 Å². The highest BCUT2D eigenvalue weighted by Gasteiger charge is 2.26. The van der Waals surface area contributed by atoms with Gasteiger partial charge in [-0.05, 0) is 18.2 Å². The highest BCUT2D eigenvalue weighted by Crippen LogP contribution is 2.31. The Morgan fingerprint density at radius 2 is 2.06 bits per heavy atom. The summed E-state index contributed by atoms with van der Waals surface area (Å²) in [6.45, 7) is 0. The first kappa shape index (κ1) is 13.0. The molecule has 0 aliphatic heterocycles. The highest BCUT2D eigenvalue weighted by molar-refractivity contribution is 7.99. The molecule has 0 aliphatic carbocycles. The lowest BCUT2D eigenvalue weighted by molar-refractivity contribution is -0.129. The molecule has 1 aromatic rings. The fourth-order valence-electron chi connectivity index (χ4n) is 1.04. The molecule has 0 bridgehead atoms. The third-order valence-corrected chi connectivity index (χ3v) is 2.94. The first-order valence-electron chi connectivity index (χ1n) is 4.55. The minimum Gasteiger partial charge on any atom is -0.497 e. The van der Waals surface area contributed by atoms with Gasteiger partial charge in [0.25, 0.3) is 0 Å². The Labute approximate surface area is 96.0 Å². The zero-order valence-electron chi connectivity index (χ0n) is 8.67. The second-order valence-corrected chi connectivity index (χ2v) is 4.25. The average molecular weight is 251 g/mol. The van der Waals surface area contributed by atoms with E-state index in [1.807, 2.05) is 0 Å². The lowest BCUT2D eigenvalue weighted by Gasteiger charge is -2.09. The van der Waals surface area contributed by atoms with E-state index in [0.717, 1.165) is 11.8 Å². The highest BCUT2D eigenvalue weighted by atomic mass is 32.2. The van der Waals surface area contributed by atoms with Gasteiger partial charge in [0, 0.05) is 16.3 Å². The van der Waals surface area contributed by atoms with Crippen LogP contribution in [-0.2, 0) is 0 Å². The number of rotatable bonds is 4. The molecule has 90 valence electrons. The SMILES string of the molecule is COc1ccc(N)c(SCCC(F)(F)F)c1. The normalized spacial score (nSPS) is 11.5. The lowest BCUT2D eigenvalue weighted by atomic mass is 10.3. The van der Waals surface area contributed by atoms with Gasteiger partial charge < -0.3 is 10.5 Å². The number of nitrogens with two attached hydrogens (primary N) is 1. The Balaban J connectivity index is 2.59. The third kappa shape index (κ3) is 4.22. The number of halogens is 3. The largest absolute Gasteiger partial charge is 0.497 e. The summed E-state index contributed by atoms with van der Waals surface area (Å²) in [7, 11) is 1.50. The summed E-state index contributed by atoms with van der Waals surface area (Å²) >= 11 is 1.08. The molecular formula is C10H12F3NOS. The van der Waals surface area contributed by atoms with Gasteiger partial charge in [-0.1, -0.05) is 0 Å². The van der Waals surface area contributed by atoms with E-state index in [-0.39, 0.29) is 5.75 Å². The number of thioether (sulfide) groups is 1. The Morgan fingerprint density at radius 1 is 1.38 bits per heavy atom. The van der Waals surface area contributed by atoms with E-state index in [1.54, 1.807) is 18.2 Å². The summed E-state index contributed by atoms with van der Waals surface area (Å²) in [5, 5.41) is 0. The van der Waals surface area contributed by atoms with Crippen LogP contribution in [0, 0.1) is 0 Å². The van der Waals surface area contributed by atoms with Crippen LogP contribution in [-0.4, -0.2) is 19.0 Å². The molecule has 16 heavy (non-hydrogen) atoms. The number of hydrogen-bond donors (Lipinski definition) is 1. The summed E-state index contributed by atoms with van der Waals surface area (Å²) in [6.07, 6.45) is -4.95. The van der Waals surface area contributed by atoms with Gasteiger partial charge in [-0.3, -0.25) is 0 Å². The van der Waals surface area contributed by atoms with Crippen molar-refractivity contribution in [3.05, 3.63) is 18.2 Å². The van der Waals surface area contributed by atoms with Crippen LogP contribution in [0.25, 0.3) is 0 Å². The average Bonchev–Trinajstić information content (AvgIpc) is 2.19. The second kappa shape index (κ2) is 5.34. The molecule has 1 rings (SSSR count). The monoisotopic (exact) mass is 251 g/mol. The Kier molecular flexibility index (Phi) is 4.35. The number of alkyl halides is 3. The van der Waals surface area contributed by atoms with Crippen LogP contribution in [0.1, 0.15) is 6.42 Å². The minimum atomic E-state index is -4.12. The zero-order chi connectivity index (χ0) is 12.2. The van der Waals surface area contributed by atoms with Gasteiger partial charge in [0.05, 0.1) is 13.5 Å². The maximum atomic E-state index is 11.9. The molecule has 0 unspecified atom stereocenters. The van der Waals surface area contributed by atoms with E-state index in [4.69, 9.17) is 10.5 Å².